The Kier molecular flexibility index (Phi) is 6.27. The zero-order chi connectivity index (χ0) is 22.3. The zero-order valence-electron chi connectivity index (χ0n) is 18.5. The predicted molar refractivity (Wildman–Crippen MR) is 148 cm³/mol. The normalized spacial score (nSPS) is 17.0. The van der Waals surface area contributed by atoms with Gasteiger partial charge in [0.2, 0.25) is 0 Å². The third-order valence-electron chi connectivity index (χ3n) is 5.62. The Balaban J connectivity index is 1.74. The van der Waals surface area contributed by atoms with Crippen LogP contribution in [0.5, 0.6) is 0 Å². The summed E-state index contributed by atoms with van der Waals surface area (Å²) in [6.07, 6.45) is 4.60. The molecule has 1 fully saturated rings. The number of benzene rings is 4. The molecule has 5 rings (SSSR count). The molecule has 0 spiro atoms. The van der Waals surface area contributed by atoms with E-state index >= 15 is 0 Å². The molecule has 4 aromatic rings. The molecular weight excluding hydrogens is 418 g/mol. The van der Waals surface area contributed by atoms with Gasteiger partial charge in [-0.25, -0.2) is 0 Å². The van der Waals surface area contributed by atoms with Crippen LogP contribution in [0.3, 0.4) is 0 Å². The van der Waals surface area contributed by atoms with Gasteiger partial charge in [0.05, 0.1) is 5.03 Å². The molecule has 0 unspecified atom stereocenters. The summed E-state index contributed by atoms with van der Waals surface area (Å²) in [5.41, 5.74) is 6.18. The van der Waals surface area contributed by atoms with Crippen molar-refractivity contribution >= 4 is 32.1 Å². The van der Waals surface area contributed by atoms with E-state index in [2.05, 4.69) is 150 Å². The summed E-state index contributed by atoms with van der Waals surface area (Å²) >= 11 is 0. The predicted octanol–water partition coefficient (Wildman–Crippen LogP) is 7.13. The lowest BCUT2D eigenvalue weighted by molar-refractivity contribution is 1.10. The van der Waals surface area contributed by atoms with E-state index < -0.39 is 9.21 Å². The zero-order valence-corrected chi connectivity index (χ0v) is 19.3. The Labute approximate surface area is 197 Å². The summed E-state index contributed by atoms with van der Waals surface area (Å²) in [6, 6.07) is 42.6. The van der Waals surface area contributed by atoms with Gasteiger partial charge in [0, 0.05) is 11.4 Å². The fourth-order valence-electron chi connectivity index (χ4n) is 4.09. The molecule has 0 atom stereocenters. The maximum Gasteiger partial charge on any atom is 0.0631 e. The summed E-state index contributed by atoms with van der Waals surface area (Å²) in [4.78, 5) is 0. The van der Waals surface area contributed by atoms with Crippen molar-refractivity contribution in [2.24, 2.45) is 0 Å². The lowest BCUT2D eigenvalue weighted by Gasteiger charge is -2.14. The second-order valence-corrected chi connectivity index (χ2v) is 11.1. The van der Waals surface area contributed by atoms with E-state index in [0.717, 1.165) is 5.75 Å². The van der Waals surface area contributed by atoms with Gasteiger partial charge in [0.15, 0.2) is 0 Å². The monoisotopic (exact) mass is 445 g/mol. The first-order valence-electron chi connectivity index (χ1n) is 11.2. The van der Waals surface area contributed by atoms with E-state index in [0.29, 0.717) is 0 Å². The molecule has 4 aromatic carbocycles. The van der Waals surface area contributed by atoms with Crippen molar-refractivity contribution in [2.45, 2.75) is 0 Å². The Bertz CT molecular complexity index is 1340. The highest BCUT2D eigenvalue weighted by Gasteiger charge is 2.22. The number of rotatable bonds is 4. The lowest BCUT2D eigenvalue weighted by Crippen LogP contribution is -2.03. The van der Waals surface area contributed by atoms with Crippen molar-refractivity contribution in [3.05, 3.63) is 154 Å². The smallest absolute Gasteiger partial charge is 0.0631 e. The first-order valence-corrected chi connectivity index (χ1v) is 13.1. The largest absolute Gasteiger partial charge is 0.354 e. The van der Waals surface area contributed by atoms with Crippen LogP contribution in [-0.4, -0.2) is 16.5 Å². The molecule has 0 aliphatic carbocycles. The topological polar surface area (TPSA) is 12.0 Å². The van der Waals surface area contributed by atoms with E-state index in [4.69, 9.17) is 0 Å². The van der Waals surface area contributed by atoms with Crippen LogP contribution in [-0.2, 0) is 0 Å². The molecule has 1 N–H and O–H groups in total. The van der Waals surface area contributed by atoms with Crippen LogP contribution in [0.1, 0.15) is 22.3 Å². The van der Waals surface area contributed by atoms with Gasteiger partial charge in [-0.1, -0.05) is 121 Å². The van der Waals surface area contributed by atoms with Crippen molar-refractivity contribution in [2.75, 3.05) is 5.75 Å². The average Bonchev–Trinajstić information content (AvgIpc) is 3.17. The van der Waals surface area contributed by atoms with Gasteiger partial charge in [0.25, 0.3) is 0 Å². The molecule has 1 nitrogen and oxygen atoms in total. The molecule has 1 aliphatic heterocycles. The summed E-state index contributed by atoms with van der Waals surface area (Å²) < 4.78 is 0. The maximum absolute atomic E-state index is 3.82. The van der Waals surface area contributed by atoms with Crippen LogP contribution in [0.2, 0.25) is 0 Å². The molecule has 1 aliphatic rings. The number of nitrogens with one attached hydrogen (secondary N) is 1. The molecule has 1 saturated heterocycles. The van der Waals surface area contributed by atoms with E-state index in [9.17, 15) is 0 Å². The molecule has 0 amide bonds. The fraction of sp³-hybridized carbons (Fsp3) is 0.0323. The van der Waals surface area contributed by atoms with E-state index in [1.165, 1.54) is 33.0 Å². The molecular formula is C31H27NS. The molecule has 0 aromatic heterocycles. The van der Waals surface area contributed by atoms with Crippen LogP contribution in [0, 0.1) is 0 Å². The van der Waals surface area contributed by atoms with E-state index in [1.54, 1.807) is 0 Å². The summed E-state index contributed by atoms with van der Waals surface area (Å²) in [5, 5.41) is 10.0. The van der Waals surface area contributed by atoms with E-state index in [1.807, 2.05) is 0 Å². The van der Waals surface area contributed by atoms with Gasteiger partial charge in [-0.05, 0) is 45.1 Å². The minimum Gasteiger partial charge on any atom is -0.354 e. The first-order chi connectivity index (χ1) is 16.3. The van der Waals surface area contributed by atoms with Gasteiger partial charge in [-0.15, -0.1) is 0 Å². The molecule has 2 heteroatoms. The lowest BCUT2D eigenvalue weighted by atomic mass is 10.2. The molecule has 1 heterocycles. The maximum atomic E-state index is 3.82. The van der Waals surface area contributed by atoms with Gasteiger partial charge in [0.1, 0.15) is 0 Å². The summed E-state index contributed by atoms with van der Waals surface area (Å²) in [5.74, 6) is 0.949. The third kappa shape index (κ3) is 5.19. The van der Waals surface area contributed by atoms with Crippen molar-refractivity contribution in [3.8, 4) is 0 Å². The number of hydrogen-bond donors (Lipinski definition) is 1. The fourth-order valence-corrected chi connectivity index (χ4v) is 7.37. The Morgan fingerprint density at radius 2 is 0.879 bits per heavy atom. The van der Waals surface area contributed by atoms with Crippen LogP contribution in [0.4, 0.5) is 0 Å². The molecule has 162 valence electrons. The van der Waals surface area contributed by atoms with Crippen molar-refractivity contribution in [1.29, 1.82) is 0 Å². The second kappa shape index (κ2) is 9.81. The Hall–Kier alpha value is -3.75. The quantitative estimate of drug-likeness (QED) is 0.329. The minimum atomic E-state index is -1.44. The van der Waals surface area contributed by atoms with Gasteiger partial charge in [-0.3, -0.25) is 0 Å². The van der Waals surface area contributed by atoms with Crippen molar-refractivity contribution in [3.63, 3.8) is 0 Å². The summed E-state index contributed by atoms with van der Waals surface area (Å²) in [6.45, 7) is 0. The highest BCUT2D eigenvalue weighted by Crippen LogP contribution is 2.43. The van der Waals surface area contributed by atoms with Crippen LogP contribution in [0.25, 0.3) is 12.2 Å². The SMILES string of the molecule is C(=C1CS(=Cc2ccccc2)(=Cc2ccccc2)C(=Cc2ccccc2)N1)c1ccccc1. The standard InChI is InChI=1S/C31H27NS/c1-5-13-26(14-6-1)21-30-25-33(23-28-17-9-3-10-18-28,24-29-19-11-4-12-20-29)31(32-30)22-27-15-7-2-8-16-27/h1-24,32H,25H2. The highest BCUT2D eigenvalue weighted by molar-refractivity contribution is 8.33. The van der Waals surface area contributed by atoms with Crippen LogP contribution in [0.15, 0.2) is 132 Å². The highest BCUT2D eigenvalue weighted by atomic mass is 32.2. The molecule has 0 bridgehead atoms. The van der Waals surface area contributed by atoms with Gasteiger partial charge < -0.3 is 5.32 Å². The second-order valence-electron chi connectivity index (χ2n) is 8.18. The van der Waals surface area contributed by atoms with E-state index in [-0.39, 0.29) is 0 Å². The van der Waals surface area contributed by atoms with Crippen LogP contribution >= 0.6 is 9.21 Å². The Morgan fingerprint density at radius 3 is 1.33 bits per heavy atom. The molecule has 0 saturated carbocycles. The minimum absolute atomic E-state index is 0.949. The molecule has 0 radical (unpaired) electrons. The van der Waals surface area contributed by atoms with Crippen molar-refractivity contribution < 1.29 is 0 Å². The average molecular weight is 446 g/mol. The first kappa shape index (κ1) is 21.1. The summed E-state index contributed by atoms with van der Waals surface area (Å²) in [7, 11) is -1.44. The molecule has 33 heavy (non-hydrogen) atoms. The third-order valence-corrected chi connectivity index (χ3v) is 8.83. The van der Waals surface area contributed by atoms with Crippen LogP contribution < -0.4 is 5.32 Å². The van der Waals surface area contributed by atoms with Crippen molar-refractivity contribution in [1.82, 2.24) is 5.32 Å². The van der Waals surface area contributed by atoms with Gasteiger partial charge >= 0.3 is 0 Å². The number of hydrogen-bond acceptors (Lipinski definition) is 1. The van der Waals surface area contributed by atoms with Gasteiger partial charge in [-0.2, -0.15) is 9.21 Å². The Morgan fingerprint density at radius 1 is 0.485 bits per heavy atom.